The molecule has 0 bridgehead atoms. The van der Waals surface area contributed by atoms with Crippen molar-refractivity contribution in [3.8, 4) is 0 Å². The van der Waals surface area contributed by atoms with Crippen molar-refractivity contribution in [2.75, 3.05) is 6.54 Å². The summed E-state index contributed by atoms with van der Waals surface area (Å²) < 4.78 is 0. The molecule has 0 radical (unpaired) electrons. The van der Waals surface area contributed by atoms with Crippen molar-refractivity contribution in [1.82, 2.24) is 5.32 Å². The predicted molar refractivity (Wildman–Crippen MR) is 52.2 cm³/mol. The van der Waals surface area contributed by atoms with Crippen molar-refractivity contribution in [2.24, 2.45) is 0 Å². The average molecular weight is 179 g/mol. The van der Waals surface area contributed by atoms with Crippen LogP contribution in [-0.4, -0.2) is 18.6 Å². The molecular formula is C10H13NO2. The Bertz CT molecular complexity index is 252. The number of rotatable bonds is 6. The third-order valence-corrected chi connectivity index (χ3v) is 1.23. The van der Waals surface area contributed by atoms with Crippen molar-refractivity contribution < 1.29 is 9.59 Å². The normalized spacial score (nSPS) is 11.3. The van der Waals surface area contributed by atoms with Crippen LogP contribution in [0, 0.1) is 0 Å². The first-order valence-electron chi connectivity index (χ1n) is 3.88. The number of nitrogens with one attached hydrogen (secondary N) is 1. The Hall–Kier alpha value is -1.64. The van der Waals surface area contributed by atoms with Gasteiger partial charge in [0.25, 0.3) is 0 Å². The van der Waals surface area contributed by atoms with Crippen LogP contribution in [0.3, 0.4) is 0 Å². The van der Waals surface area contributed by atoms with E-state index in [1.807, 2.05) is 0 Å². The lowest BCUT2D eigenvalue weighted by atomic mass is 10.2. The van der Waals surface area contributed by atoms with Gasteiger partial charge in [-0.2, -0.15) is 0 Å². The van der Waals surface area contributed by atoms with Gasteiger partial charge in [-0.1, -0.05) is 18.7 Å². The highest BCUT2D eigenvalue weighted by molar-refractivity contribution is 5.87. The first-order valence-corrected chi connectivity index (χ1v) is 3.88. The van der Waals surface area contributed by atoms with E-state index < -0.39 is 0 Å². The maximum Gasteiger partial charge on any atom is 0.154 e. The Morgan fingerprint density at radius 1 is 1.54 bits per heavy atom. The highest BCUT2D eigenvalue weighted by Crippen LogP contribution is 1.87. The van der Waals surface area contributed by atoms with Crippen molar-refractivity contribution in [1.29, 1.82) is 0 Å². The molecule has 0 heterocycles. The molecule has 0 spiro atoms. The van der Waals surface area contributed by atoms with Crippen molar-refractivity contribution in [3.05, 3.63) is 36.6 Å². The summed E-state index contributed by atoms with van der Waals surface area (Å²) in [7, 11) is 0. The number of hydrogen-bond donors (Lipinski definition) is 1. The third-order valence-electron chi connectivity index (χ3n) is 1.23. The Labute approximate surface area is 77.8 Å². The number of carbonyl (C=O) groups excluding carboxylic acids is 2. The molecule has 0 rings (SSSR count). The highest BCUT2D eigenvalue weighted by Gasteiger charge is 1.89. The van der Waals surface area contributed by atoms with Gasteiger partial charge < -0.3 is 5.32 Å². The molecule has 3 nitrogen and oxygen atoms in total. The zero-order valence-corrected chi connectivity index (χ0v) is 7.62. The molecule has 0 atom stereocenters. The zero-order valence-electron chi connectivity index (χ0n) is 7.62. The molecule has 0 aromatic carbocycles. The second-order valence-corrected chi connectivity index (χ2v) is 2.42. The van der Waals surface area contributed by atoms with E-state index >= 15 is 0 Å². The van der Waals surface area contributed by atoms with Crippen LogP contribution in [0.5, 0.6) is 0 Å². The topological polar surface area (TPSA) is 46.2 Å². The summed E-state index contributed by atoms with van der Waals surface area (Å²) in [6.45, 7) is 5.33. The van der Waals surface area contributed by atoms with Gasteiger partial charge in [0.15, 0.2) is 5.78 Å². The molecule has 1 N–H and O–H groups in total. The van der Waals surface area contributed by atoms with E-state index in [0.29, 0.717) is 12.1 Å². The van der Waals surface area contributed by atoms with E-state index in [1.165, 1.54) is 19.2 Å². The molecule has 0 aliphatic carbocycles. The molecule has 0 aliphatic rings. The number of ketones is 1. The molecule has 0 aliphatic heterocycles. The van der Waals surface area contributed by atoms with Crippen LogP contribution in [-0.2, 0) is 9.59 Å². The lowest BCUT2D eigenvalue weighted by Crippen LogP contribution is -2.10. The van der Waals surface area contributed by atoms with E-state index in [1.54, 1.807) is 12.2 Å². The minimum absolute atomic E-state index is 0.0344. The first kappa shape index (κ1) is 11.4. The second-order valence-electron chi connectivity index (χ2n) is 2.42. The fourth-order valence-corrected chi connectivity index (χ4v) is 0.644. The molecule has 13 heavy (non-hydrogen) atoms. The summed E-state index contributed by atoms with van der Waals surface area (Å²) in [5.41, 5.74) is 0.586. The van der Waals surface area contributed by atoms with Crippen molar-refractivity contribution in [3.63, 3.8) is 0 Å². The van der Waals surface area contributed by atoms with Gasteiger partial charge >= 0.3 is 0 Å². The van der Waals surface area contributed by atoms with Crippen molar-refractivity contribution in [2.45, 2.75) is 6.92 Å². The summed E-state index contributed by atoms with van der Waals surface area (Å²) in [6.07, 6.45) is 6.82. The zero-order chi connectivity index (χ0) is 10.1. The van der Waals surface area contributed by atoms with E-state index in [-0.39, 0.29) is 5.78 Å². The van der Waals surface area contributed by atoms with Crippen molar-refractivity contribution >= 4 is 12.1 Å². The maximum atomic E-state index is 10.5. The standard InChI is InChI=1S/C10H13NO2/c1-3-4-10(8-12)7-11-6-5-9(2)13/h3-6,8,11H,1,7H2,2H3/b6-5?,10-4+. The molecule has 0 aromatic heterocycles. The SMILES string of the molecule is C=C/C=C(/C=O)CNC=CC(C)=O. The van der Waals surface area contributed by atoms with Gasteiger partial charge in [-0.3, -0.25) is 9.59 Å². The minimum Gasteiger partial charge on any atom is -0.387 e. The lowest BCUT2D eigenvalue weighted by molar-refractivity contribution is -0.112. The van der Waals surface area contributed by atoms with Crippen LogP contribution >= 0.6 is 0 Å². The Balaban J connectivity index is 3.86. The average Bonchev–Trinajstić information content (AvgIpc) is 2.10. The maximum absolute atomic E-state index is 10.5. The predicted octanol–water partition coefficient (Wildman–Crippen LogP) is 0.990. The molecule has 0 saturated carbocycles. The van der Waals surface area contributed by atoms with Crippen LogP contribution in [0.1, 0.15) is 6.92 Å². The van der Waals surface area contributed by atoms with Crippen LogP contribution < -0.4 is 5.32 Å². The summed E-state index contributed by atoms with van der Waals surface area (Å²) in [4.78, 5) is 20.8. The summed E-state index contributed by atoms with van der Waals surface area (Å²) >= 11 is 0. The van der Waals surface area contributed by atoms with Crippen LogP contribution in [0.15, 0.2) is 36.6 Å². The Morgan fingerprint density at radius 3 is 2.69 bits per heavy atom. The van der Waals surface area contributed by atoms with Crippen LogP contribution in [0.25, 0.3) is 0 Å². The second kappa shape index (κ2) is 7.03. The van der Waals surface area contributed by atoms with Gasteiger partial charge in [0.05, 0.1) is 0 Å². The molecular weight excluding hydrogens is 166 g/mol. The molecule has 0 saturated heterocycles. The number of hydrogen-bond acceptors (Lipinski definition) is 3. The van der Waals surface area contributed by atoms with Crippen LogP contribution in [0.4, 0.5) is 0 Å². The van der Waals surface area contributed by atoms with Gasteiger partial charge in [-0.15, -0.1) is 0 Å². The van der Waals surface area contributed by atoms with Gasteiger partial charge in [-0.25, -0.2) is 0 Å². The lowest BCUT2D eigenvalue weighted by Gasteiger charge is -1.97. The minimum atomic E-state index is -0.0344. The molecule has 0 unspecified atom stereocenters. The monoisotopic (exact) mass is 179 g/mol. The first-order chi connectivity index (χ1) is 6.20. The summed E-state index contributed by atoms with van der Waals surface area (Å²) in [5.74, 6) is -0.0344. The Kier molecular flexibility index (Phi) is 6.15. The molecule has 70 valence electrons. The number of carbonyl (C=O) groups is 2. The molecule has 0 amide bonds. The quantitative estimate of drug-likeness (QED) is 0.376. The van der Waals surface area contributed by atoms with E-state index in [0.717, 1.165) is 6.29 Å². The number of allylic oxidation sites excluding steroid dienone is 3. The largest absolute Gasteiger partial charge is 0.387 e. The third kappa shape index (κ3) is 6.75. The van der Waals surface area contributed by atoms with Gasteiger partial charge in [0.2, 0.25) is 0 Å². The van der Waals surface area contributed by atoms with E-state index in [2.05, 4.69) is 11.9 Å². The fourth-order valence-electron chi connectivity index (χ4n) is 0.644. The molecule has 3 heteroatoms. The van der Waals surface area contributed by atoms with E-state index in [9.17, 15) is 9.59 Å². The van der Waals surface area contributed by atoms with Crippen LogP contribution in [0.2, 0.25) is 0 Å². The highest BCUT2D eigenvalue weighted by atomic mass is 16.1. The molecule has 0 fully saturated rings. The van der Waals surface area contributed by atoms with Gasteiger partial charge in [-0.05, 0) is 13.0 Å². The fraction of sp³-hybridized carbons (Fsp3) is 0.200. The van der Waals surface area contributed by atoms with Gasteiger partial charge in [0.1, 0.15) is 6.29 Å². The Morgan fingerprint density at radius 2 is 2.23 bits per heavy atom. The van der Waals surface area contributed by atoms with E-state index in [4.69, 9.17) is 0 Å². The summed E-state index contributed by atoms with van der Waals surface area (Å²) in [6, 6.07) is 0. The summed E-state index contributed by atoms with van der Waals surface area (Å²) in [5, 5.41) is 2.80. The van der Waals surface area contributed by atoms with Gasteiger partial charge in [0, 0.05) is 18.3 Å². The molecule has 0 aromatic rings. The smallest absolute Gasteiger partial charge is 0.154 e. The number of aldehydes is 1.